The van der Waals surface area contributed by atoms with Gasteiger partial charge < -0.3 is 10.2 Å². The molecule has 1 aliphatic heterocycles. The smallest absolute Gasteiger partial charge is 0.272 e. The molecule has 5 rings (SSSR count). The second-order valence-electron chi connectivity index (χ2n) is 7.91. The van der Waals surface area contributed by atoms with Crippen LogP contribution in [0.5, 0.6) is 0 Å². The number of nitrogens with one attached hydrogen (secondary N) is 2. The summed E-state index contributed by atoms with van der Waals surface area (Å²) in [5.41, 5.74) is 4.65. The minimum Gasteiger partial charge on any atom is -0.370 e. The van der Waals surface area contributed by atoms with Crippen molar-refractivity contribution in [2.45, 2.75) is 44.6 Å². The SMILES string of the molecule is O=C(NC1CCC1)c1n[nH]c2ccc(-c3cncc(N4CCCCC4)c3)cc12. The van der Waals surface area contributed by atoms with E-state index in [1.807, 2.05) is 24.5 Å². The highest BCUT2D eigenvalue weighted by molar-refractivity contribution is 6.05. The Balaban J connectivity index is 1.46. The van der Waals surface area contributed by atoms with Crippen molar-refractivity contribution in [3.05, 3.63) is 42.4 Å². The molecule has 144 valence electrons. The number of H-pyrrole nitrogens is 1. The van der Waals surface area contributed by atoms with E-state index in [1.165, 1.54) is 31.4 Å². The number of anilines is 1. The number of fused-ring (bicyclic) bond motifs is 1. The highest BCUT2D eigenvalue weighted by Crippen LogP contribution is 2.29. The van der Waals surface area contributed by atoms with E-state index in [-0.39, 0.29) is 5.91 Å². The van der Waals surface area contributed by atoms with Crippen LogP contribution in [-0.4, -0.2) is 40.2 Å². The predicted molar refractivity (Wildman–Crippen MR) is 110 cm³/mol. The Morgan fingerprint density at radius 2 is 1.89 bits per heavy atom. The van der Waals surface area contributed by atoms with Crippen molar-refractivity contribution in [3.8, 4) is 11.1 Å². The number of pyridine rings is 1. The molecule has 2 fully saturated rings. The molecule has 1 aromatic carbocycles. The number of hydrogen-bond donors (Lipinski definition) is 2. The van der Waals surface area contributed by atoms with Crippen molar-refractivity contribution in [2.75, 3.05) is 18.0 Å². The lowest BCUT2D eigenvalue weighted by atomic mass is 9.93. The molecule has 6 heteroatoms. The fraction of sp³-hybridized carbons (Fsp3) is 0.409. The number of carbonyl (C=O) groups is 1. The number of benzene rings is 1. The zero-order valence-electron chi connectivity index (χ0n) is 15.9. The quantitative estimate of drug-likeness (QED) is 0.725. The van der Waals surface area contributed by atoms with Crippen molar-refractivity contribution in [2.24, 2.45) is 0 Å². The van der Waals surface area contributed by atoms with Gasteiger partial charge in [0.1, 0.15) is 0 Å². The molecule has 0 radical (unpaired) electrons. The van der Waals surface area contributed by atoms with E-state index < -0.39 is 0 Å². The monoisotopic (exact) mass is 375 g/mol. The van der Waals surface area contributed by atoms with Crippen LogP contribution in [0.2, 0.25) is 0 Å². The van der Waals surface area contributed by atoms with Crippen LogP contribution in [0.15, 0.2) is 36.7 Å². The molecular formula is C22H25N5O. The van der Waals surface area contributed by atoms with E-state index in [0.29, 0.717) is 11.7 Å². The van der Waals surface area contributed by atoms with Gasteiger partial charge in [-0.1, -0.05) is 6.07 Å². The molecule has 3 heterocycles. The Hall–Kier alpha value is -2.89. The predicted octanol–water partition coefficient (Wildman–Crippen LogP) is 3.90. The molecule has 1 aliphatic carbocycles. The molecule has 28 heavy (non-hydrogen) atoms. The van der Waals surface area contributed by atoms with Gasteiger partial charge in [-0.25, -0.2) is 0 Å². The first-order valence-corrected chi connectivity index (χ1v) is 10.3. The normalized spacial score (nSPS) is 17.5. The average Bonchev–Trinajstić information content (AvgIpc) is 3.15. The van der Waals surface area contributed by atoms with Crippen LogP contribution in [0.25, 0.3) is 22.0 Å². The van der Waals surface area contributed by atoms with Crippen molar-refractivity contribution < 1.29 is 4.79 Å². The minimum atomic E-state index is -0.0895. The largest absolute Gasteiger partial charge is 0.370 e. The van der Waals surface area contributed by atoms with Crippen molar-refractivity contribution >= 4 is 22.5 Å². The number of piperidine rings is 1. The average molecular weight is 375 g/mol. The van der Waals surface area contributed by atoms with Gasteiger partial charge in [0, 0.05) is 36.3 Å². The topological polar surface area (TPSA) is 73.9 Å². The summed E-state index contributed by atoms with van der Waals surface area (Å²) in [6, 6.07) is 8.60. The van der Waals surface area contributed by atoms with Gasteiger partial charge in [-0.15, -0.1) is 0 Å². The number of nitrogens with zero attached hydrogens (tertiary/aromatic N) is 3. The van der Waals surface area contributed by atoms with E-state index >= 15 is 0 Å². The molecule has 2 N–H and O–H groups in total. The molecule has 2 aromatic heterocycles. The first-order chi connectivity index (χ1) is 13.8. The molecule has 0 spiro atoms. The van der Waals surface area contributed by atoms with Crippen LogP contribution in [0.3, 0.4) is 0 Å². The van der Waals surface area contributed by atoms with E-state index in [1.54, 1.807) is 0 Å². The van der Waals surface area contributed by atoms with Gasteiger partial charge in [-0.2, -0.15) is 5.10 Å². The van der Waals surface area contributed by atoms with Gasteiger partial charge >= 0.3 is 0 Å². The number of hydrogen-bond acceptors (Lipinski definition) is 4. The number of aromatic nitrogens is 3. The van der Waals surface area contributed by atoms with E-state index in [2.05, 4.69) is 37.5 Å². The lowest BCUT2D eigenvalue weighted by molar-refractivity contribution is 0.0913. The molecule has 6 nitrogen and oxygen atoms in total. The fourth-order valence-electron chi connectivity index (χ4n) is 4.08. The fourth-order valence-corrected chi connectivity index (χ4v) is 4.08. The maximum absolute atomic E-state index is 12.6. The van der Waals surface area contributed by atoms with Gasteiger partial charge in [-0.3, -0.25) is 14.9 Å². The zero-order valence-corrected chi connectivity index (χ0v) is 15.9. The highest BCUT2D eigenvalue weighted by Gasteiger charge is 2.23. The molecule has 0 atom stereocenters. The summed E-state index contributed by atoms with van der Waals surface area (Å²) < 4.78 is 0. The third kappa shape index (κ3) is 3.23. The number of aromatic amines is 1. The van der Waals surface area contributed by atoms with E-state index in [0.717, 1.165) is 48.0 Å². The molecule has 1 amide bonds. The van der Waals surface area contributed by atoms with Crippen molar-refractivity contribution in [1.82, 2.24) is 20.5 Å². The van der Waals surface area contributed by atoms with Crippen LogP contribution in [0.1, 0.15) is 49.0 Å². The van der Waals surface area contributed by atoms with Gasteiger partial charge in [-0.05, 0) is 62.3 Å². The highest BCUT2D eigenvalue weighted by atomic mass is 16.2. The summed E-state index contributed by atoms with van der Waals surface area (Å²) in [7, 11) is 0. The van der Waals surface area contributed by atoms with Crippen LogP contribution in [0.4, 0.5) is 5.69 Å². The number of amides is 1. The van der Waals surface area contributed by atoms with Crippen LogP contribution < -0.4 is 10.2 Å². The van der Waals surface area contributed by atoms with Crippen LogP contribution >= 0.6 is 0 Å². The number of carbonyl (C=O) groups excluding carboxylic acids is 1. The summed E-state index contributed by atoms with van der Waals surface area (Å²) in [5.74, 6) is -0.0895. The molecular weight excluding hydrogens is 350 g/mol. The van der Waals surface area contributed by atoms with Gasteiger partial charge in [0.2, 0.25) is 0 Å². The maximum Gasteiger partial charge on any atom is 0.272 e. The van der Waals surface area contributed by atoms with Crippen molar-refractivity contribution in [1.29, 1.82) is 0 Å². The van der Waals surface area contributed by atoms with Gasteiger partial charge in [0.15, 0.2) is 5.69 Å². The Morgan fingerprint density at radius 3 is 2.68 bits per heavy atom. The van der Waals surface area contributed by atoms with Crippen molar-refractivity contribution in [3.63, 3.8) is 0 Å². The molecule has 2 aliphatic rings. The Morgan fingerprint density at radius 1 is 1.04 bits per heavy atom. The lowest BCUT2D eigenvalue weighted by Crippen LogP contribution is -2.39. The summed E-state index contributed by atoms with van der Waals surface area (Å²) in [6.07, 6.45) is 11.0. The summed E-state index contributed by atoms with van der Waals surface area (Å²) in [6.45, 7) is 2.19. The van der Waals surface area contributed by atoms with Gasteiger partial charge in [0.05, 0.1) is 17.4 Å². The number of rotatable bonds is 4. The molecule has 1 saturated heterocycles. The zero-order chi connectivity index (χ0) is 18.9. The maximum atomic E-state index is 12.6. The third-order valence-electron chi connectivity index (χ3n) is 6.00. The van der Waals surface area contributed by atoms with E-state index in [4.69, 9.17) is 0 Å². The van der Waals surface area contributed by atoms with Crippen LogP contribution in [-0.2, 0) is 0 Å². The van der Waals surface area contributed by atoms with E-state index in [9.17, 15) is 4.79 Å². The second-order valence-corrected chi connectivity index (χ2v) is 7.91. The second kappa shape index (κ2) is 7.26. The molecule has 0 bridgehead atoms. The minimum absolute atomic E-state index is 0.0895. The molecule has 0 unspecified atom stereocenters. The summed E-state index contributed by atoms with van der Waals surface area (Å²) in [5, 5.41) is 11.2. The molecule has 1 saturated carbocycles. The standard InChI is InChI=1S/C22H25N5O/c28-22(24-17-5-4-6-17)21-19-12-15(7-8-20(19)25-26-21)16-11-18(14-23-13-16)27-9-2-1-3-10-27/h7-8,11-14,17H,1-6,9-10H2,(H,24,28)(H,25,26). The third-order valence-corrected chi connectivity index (χ3v) is 6.00. The molecule has 3 aromatic rings. The summed E-state index contributed by atoms with van der Waals surface area (Å²) >= 11 is 0. The van der Waals surface area contributed by atoms with Crippen LogP contribution in [0, 0.1) is 0 Å². The first kappa shape index (κ1) is 17.2. The Labute approximate surface area is 164 Å². The Kier molecular flexibility index (Phi) is 4.47. The lowest BCUT2D eigenvalue weighted by Gasteiger charge is -2.28. The Bertz CT molecular complexity index is 1000. The summed E-state index contributed by atoms with van der Waals surface area (Å²) in [4.78, 5) is 19.5. The van der Waals surface area contributed by atoms with Gasteiger partial charge in [0.25, 0.3) is 5.91 Å². The first-order valence-electron chi connectivity index (χ1n) is 10.3.